The Morgan fingerprint density at radius 2 is 2.00 bits per heavy atom. The minimum Gasteiger partial charge on any atom is -0.310 e. The molecule has 0 spiro atoms. The molecule has 0 aliphatic rings. The third kappa shape index (κ3) is 3.56. The van der Waals surface area contributed by atoms with Crippen LogP contribution in [-0.4, -0.2) is 15.9 Å². The second-order valence-corrected chi connectivity index (χ2v) is 5.81. The Hall–Kier alpha value is -2.53. The maximum Gasteiger partial charge on any atom is 0.231 e. The zero-order valence-electron chi connectivity index (χ0n) is 12.1. The summed E-state index contributed by atoms with van der Waals surface area (Å²) >= 11 is 1.55. The number of nitrogens with zero attached hydrogens (tertiary/aromatic N) is 2. The first-order valence-electron chi connectivity index (χ1n) is 6.93. The highest BCUT2D eigenvalue weighted by Gasteiger charge is 2.09. The largest absolute Gasteiger partial charge is 0.310 e. The molecule has 0 aliphatic carbocycles. The first kappa shape index (κ1) is 14.4. The first-order chi connectivity index (χ1) is 10.7. The van der Waals surface area contributed by atoms with Gasteiger partial charge in [-0.2, -0.15) is 0 Å². The van der Waals surface area contributed by atoms with E-state index in [1.165, 1.54) is 0 Å². The summed E-state index contributed by atoms with van der Waals surface area (Å²) in [6.07, 6.45) is 1.98. The number of hydrogen-bond donors (Lipinski definition) is 1. The number of aromatic nitrogens is 2. The van der Waals surface area contributed by atoms with Crippen LogP contribution in [0.3, 0.4) is 0 Å². The van der Waals surface area contributed by atoms with Gasteiger partial charge >= 0.3 is 0 Å². The van der Waals surface area contributed by atoms with E-state index in [4.69, 9.17) is 0 Å². The van der Waals surface area contributed by atoms with Gasteiger partial charge in [-0.1, -0.05) is 36.4 Å². The van der Waals surface area contributed by atoms with E-state index >= 15 is 0 Å². The average Bonchev–Trinajstić information content (AvgIpc) is 2.99. The maximum absolute atomic E-state index is 12.0. The van der Waals surface area contributed by atoms with Crippen molar-refractivity contribution in [3.05, 3.63) is 65.3 Å². The molecule has 1 N–H and O–H groups in total. The summed E-state index contributed by atoms with van der Waals surface area (Å²) in [6.45, 7) is 1.96. The Morgan fingerprint density at radius 3 is 2.73 bits per heavy atom. The molecule has 5 heteroatoms. The normalized spacial score (nSPS) is 10.4. The van der Waals surface area contributed by atoms with Crippen molar-refractivity contribution in [2.75, 3.05) is 5.32 Å². The number of nitrogens with one attached hydrogen (secondary N) is 1. The topological polar surface area (TPSA) is 54.9 Å². The molecule has 0 aliphatic heterocycles. The van der Waals surface area contributed by atoms with Gasteiger partial charge < -0.3 is 5.32 Å². The van der Waals surface area contributed by atoms with Crippen LogP contribution in [0, 0.1) is 6.92 Å². The lowest BCUT2D eigenvalue weighted by molar-refractivity contribution is -0.115. The molecule has 3 rings (SSSR count). The summed E-state index contributed by atoms with van der Waals surface area (Å²) in [4.78, 5) is 20.7. The Bertz CT molecular complexity index is 766. The van der Waals surface area contributed by atoms with Crippen LogP contribution in [0.15, 0.2) is 54.0 Å². The lowest BCUT2D eigenvalue weighted by Gasteiger charge is -2.03. The van der Waals surface area contributed by atoms with Gasteiger partial charge in [-0.05, 0) is 18.6 Å². The molecule has 110 valence electrons. The van der Waals surface area contributed by atoms with Gasteiger partial charge in [0.1, 0.15) is 10.8 Å². The molecule has 22 heavy (non-hydrogen) atoms. The van der Waals surface area contributed by atoms with E-state index < -0.39 is 0 Å². The fraction of sp³-hybridized carbons (Fsp3) is 0.118. The summed E-state index contributed by atoms with van der Waals surface area (Å²) in [5, 5.41) is 5.63. The zero-order valence-corrected chi connectivity index (χ0v) is 12.9. The van der Waals surface area contributed by atoms with Crippen molar-refractivity contribution in [2.45, 2.75) is 13.3 Å². The number of carbonyl (C=O) groups is 1. The Balaban J connectivity index is 1.65. The summed E-state index contributed by atoms with van der Waals surface area (Å²) < 4.78 is 0. The van der Waals surface area contributed by atoms with E-state index in [9.17, 15) is 4.79 Å². The number of thiazole rings is 1. The van der Waals surface area contributed by atoms with Crippen LogP contribution in [0.25, 0.3) is 10.6 Å². The summed E-state index contributed by atoms with van der Waals surface area (Å²) in [5.74, 6) is 0.454. The van der Waals surface area contributed by atoms with Gasteiger partial charge in [-0.3, -0.25) is 4.79 Å². The highest BCUT2D eigenvalue weighted by Crippen LogP contribution is 2.23. The molecule has 0 unspecified atom stereocenters. The zero-order chi connectivity index (χ0) is 15.4. The second-order valence-electron chi connectivity index (χ2n) is 4.96. The molecule has 3 aromatic rings. The van der Waals surface area contributed by atoms with Crippen molar-refractivity contribution < 1.29 is 4.79 Å². The molecule has 0 radical (unpaired) electrons. The van der Waals surface area contributed by atoms with Crippen LogP contribution in [0.2, 0.25) is 0 Å². The monoisotopic (exact) mass is 309 g/mol. The summed E-state index contributed by atoms with van der Waals surface area (Å²) in [6, 6.07) is 13.7. The van der Waals surface area contributed by atoms with Crippen molar-refractivity contribution in [2.24, 2.45) is 0 Å². The third-order valence-electron chi connectivity index (χ3n) is 3.09. The third-order valence-corrected chi connectivity index (χ3v) is 4.03. The average molecular weight is 309 g/mol. The fourth-order valence-corrected chi connectivity index (χ4v) is 2.82. The van der Waals surface area contributed by atoms with Crippen LogP contribution in [0.5, 0.6) is 0 Å². The smallest absolute Gasteiger partial charge is 0.231 e. The number of benzene rings is 1. The number of anilines is 1. The standard InChI is InChI=1S/C17H15N3OS/c1-12-7-8-15(18-10-12)20-16(21)9-14-11-22-17(19-14)13-5-3-2-4-6-13/h2-8,10-11H,9H2,1H3,(H,18,20,21). The predicted octanol–water partition coefficient (Wildman–Crippen LogP) is 3.69. The number of hydrogen-bond acceptors (Lipinski definition) is 4. The van der Waals surface area contributed by atoms with E-state index in [0.29, 0.717) is 5.82 Å². The number of pyridine rings is 1. The molecular weight excluding hydrogens is 294 g/mol. The van der Waals surface area contributed by atoms with Crippen molar-refractivity contribution >= 4 is 23.1 Å². The highest BCUT2D eigenvalue weighted by atomic mass is 32.1. The maximum atomic E-state index is 12.0. The minimum atomic E-state index is -0.110. The minimum absolute atomic E-state index is 0.110. The van der Waals surface area contributed by atoms with Gasteiger partial charge in [0.05, 0.1) is 12.1 Å². The lowest BCUT2D eigenvalue weighted by atomic mass is 10.2. The molecule has 2 heterocycles. The van der Waals surface area contributed by atoms with Crippen LogP contribution in [0.4, 0.5) is 5.82 Å². The second kappa shape index (κ2) is 6.49. The van der Waals surface area contributed by atoms with E-state index in [2.05, 4.69) is 15.3 Å². The molecule has 4 nitrogen and oxygen atoms in total. The Kier molecular flexibility index (Phi) is 4.25. The quantitative estimate of drug-likeness (QED) is 0.799. The van der Waals surface area contributed by atoms with Crippen LogP contribution >= 0.6 is 11.3 Å². The number of amides is 1. The molecule has 0 saturated heterocycles. The van der Waals surface area contributed by atoms with Crippen LogP contribution in [-0.2, 0) is 11.2 Å². The molecule has 0 saturated carbocycles. The van der Waals surface area contributed by atoms with E-state index in [-0.39, 0.29) is 12.3 Å². The molecule has 1 aromatic carbocycles. The molecule has 0 atom stereocenters. The van der Waals surface area contributed by atoms with Crippen molar-refractivity contribution in [1.82, 2.24) is 9.97 Å². The number of carbonyl (C=O) groups excluding carboxylic acids is 1. The van der Waals surface area contributed by atoms with Gasteiger partial charge in [0.15, 0.2) is 0 Å². The van der Waals surface area contributed by atoms with Crippen molar-refractivity contribution in [3.63, 3.8) is 0 Å². The SMILES string of the molecule is Cc1ccc(NC(=O)Cc2csc(-c3ccccc3)n2)nc1. The lowest BCUT2D eigenvalue weighted by Crippen LogP contribution is -2.15. The molecule has 0 bridgehead atoms. The van der Waals surface area contributed by atoms with E-state index in [1.54, 1.807) is 23.6 Å². The highest BCUT2D eigenvalue weighted by molar-refractivity contribution is 7.13. The Labute approximate surface area is 132 Å². The molecule has 0 fully saturated rings. The van der Waals surface area contributed by atoms with Gasteiger partial charge in [-0.15, -0.1) is 11.3 Å². The van der Waals surface area contributed by atoms with Crippen LogP contribution in [0.1, 0.15) is 11.3 Å². The molecular formula is C17H15N3OS. The van der Waals surface area contributed by atoms with Gasteiger partial charge in [0, 0.05) is 17.1 Å². The number of aryl methyl sites for hydroxylation is 1. The van der Waals surface area contributed by atoms with Gasteiger partial charge in [0.2, 0.25) is 5.91 Å². The Morgan fingerprint density at radius 1 is 1.18 bits per heavy atom. The fourth-order valence-electron chi connectivity index (χ4n) is 1.99. The van der Waals surface area contributed by atoms with E-state index in [1.807, 2.05) is 48.7 Å². The van der Waals surface area contributed by atoms with Crippen molar-refractivity contribution in [3.8, 4) is 10.6 Å². The predicted molar refractivity (Wildman–Crippen MR) is 88.9 cm³/mol. The van der Waals surface area contributed by atoms with Gasteiger partial charge in [-0.25, -0.2) is 9.97 Å². The van der Waals surface area contributed by atoms with Crippen molar-refractivity contribution in [1.29, 1.82) is 0 Å². The first-order valence-corrected chi connectivity index (χ1v) is 7.81. The van der Waals surface area contributed by atoms with Gasteiger partial charge in [0.25, 0.3) is 0 Å². The summed E-state index contributed by atoms with van der Waals surface area (Å²) in [5.41, 5.74) is 2.90. The van der Waals surface area contributed by atoms with E-state index in [0.717, 1.165) is 21.8 Å². The number of rotatable bonds is 4. The summed E-state index contributed by atoms with van der Waals surface area (Å²) in [7, 11) is 0. The molecule has 1 amide bonds. The van der Waals surface area contributed by atoms with Crippen LogP contribution < -0.4 is 5.32 Å². The molecule has 2 aromatic heterocycles.